The summed E-state index contributed by atoms with van der Waals surface area (Å²) in [6.07, 6.45) is -28.2. The molecule has 6 aliphatic carbocycles. The molecule has 9 aliphatic rings. The van der Waals surface area contributed by atoms with Crippen molar-refractivity contribution in [3.63, 3.8) is 0 Å². The van der Waals surface area contributed by atoms with E-state index in [4.69, 9.17) is 33.2 Å². The van der Waals surface area contributed by atoms with Crippen LogP contribution in [-0.4, -0.2) is 237 Å². The average Bonchev–Trinajstić information content (AvgIpc) is 2.49. The van der Waals surface area contributed by atoms with Gasteiger partial charge >= 0.3 is 5.97 Å². The number of aliphatic hydroxyl groups is 15. The summed E-state index contributed by atoms with van der Waals surface area (Å²) >= 11 is 0. The lowest BCUT2D eigenvalue weighted by molar-refractivity contribution is -0.363. The predicted octanol–water partition coefficient (Wildman–Crippen LogP) is -2.40. The van der Waals surface area contributed by atoms with Crippen LogP contribution in [0.25, 0.3) is 0 Å². The quantitative estimate of drug-likeness (QED) is 0.0582. The highest BCUT2D eigenvalue weighted by molar-refractivity contribution is 5.80. The van der Waals surface area contributed by atoms with Gasteiger partial charge in [0.05, 0.1) is 49.8 Å². The largest absolute Gasteiger partial charge is 0.432 e. The highest BCUT2D eigenvalue weighted by atomic mass is 16.8. The maximum Gasteiger partial charge on any atom is 0.317 e. The first-order valence-corrected chi connectivity index (χ1v) is 28.2. The van der Waals surface area contributed by atoms with Gasteiger partial charge in [0.15, 0.2) is 18.7 Å². The van der Waals surface area contributed by atoms with Gasteiger partial charge in [0, 0.05) is 12.5 Å². The molecule has 3 heterocycles. The van der Waals surface area contributed by atoms with Crippen LogP contribution < -0.4 is 0 Å². The SMILES string of the molecule is C[C@@H]1O[C@@H](O[C@H]2[C@H](OC(=O)[C@]34CCC(C)(C)C[C@H]3C3=CC[C@@H]5[C@@]6(C)C[C@H](O)[C@H](O[C@@H]7O[C@H](CO)[C@@H](O)[C@H](O)[C@H]7O)C(C)(C)[C@@H]6CC[C@@]5(C)[C@]3(C)C[C@H]4O)O[C@H](CO[C@@H]3C[C@H](CO)[C@@H](O)[C@H](O)[C@H]3O)[C@@H](O)[C@@H]2O)[C@H](O)[C@H](O)[C@H]1O. The number of hydrogen-bond donors (Lipinski definition) is 15. The minimum absolute atomic E-state index is 0.0498. The summed E-state index contributed by atoms with van der Waals surface area (Å²) < 4.78 is 42.5. The first kappa shape index (κ1) is 60.9. The number of rotatable bonds is 11. The van der Waals surface area contributed by atoms with E-state index in [1.807, 2.05) is 13.8 Å². The molecular weight excluding hydrogens is 1030 g/mol. The van der Waals surface area contributed by atoms with Crippen molar-refractivity contribution in [1.29, 1.82) is 0 Å². The summed E-state index contributed by atoms with van der Waals surface area (Å²) in [6, 6.07) is 0. The topological polar surface area (TPSA) is 385 Å². The highest BCUT2D eigenvalue weighted by Crippen LogP contribution is 2.76. The number of esters is 1. The number of ether oxygens (including phenoxy) is 7. The summed E-state index contributed by atoms with van der Waals surface area (Å²) in [5, 5.41) is 164. The normalized spacial score (nSPS) is 54.8. The van der Waals surface area contributed by atoms with Crippen molar-refractivity contribution in [2.24, 2.45) is 56.2 Å². The molecule has 15 N–H and O–H groups in total. The standard InChI is InChI=1S/C55H90O23/c1-22-33(60)38(65)42(69)46(73-22)76-44-41(68)37(64)29(21-72-27-15-23(19-56)34(61)39(66)35(27)62)75-48(44)78-49(71)55-14-13-50(2,3)16-25(55)24-9-10-31-52(6)17-26(58)45(77-47-43(70)40(67)36(63)28(20-57)74-47)51(4,5)30(52)11-12-53(31,7)54(24,8)18-32(55)59/h9,22-23,25-48,56-70H,10-21H2,1-8H3/t22-,23+,25-,26-,27+,28+,29+,30-,31+,32+,33-,34+,35-,36+,37+,38+,39-,40-,41-,42+,43+,44+,45-,46-,47-,48-,52-,53+,54+,55+/m0/s1. The van der Waals surface area contributed by atoms with E-state index < -0.39 is 200 Å². The van der Waals surface area contributed by atoms with E-state index >= 15 is 4.79 Å². The Kier molecular flexibility index (Phi) is 17.0. The predicted molar refractivity (Wildman–Crippen MR) is 267 cm³/mol. The van der Waals surface area contributed by atoms with Gasteiger partial charge in [-0.05, 0) is 110 Å². The molecule has 8 fully saturated rings. The third-order valence-electron chi connectivity index (χ3n) is 21.9. The Morgan fingerprint density at radius 1 is 0.628 bits per heavy atom. The van der Waals surface area contributed by atoms with Crippen molar-refractivity contribution in [1.82, 2.24) is 0 Å². The van der Waals surface area contributed by atoms with Crippen LogP contribution in [0.15, 0.2) is 11.6 Å². The molecule has 23 nitrogen and oxygen atoms in total. The average molecular weight is 1120 g/mol. The molecule has 0 aromatic rings. The van der Waals surface area contributed by atoms with Gasteiger partial charge in [0.25, 0.3) is 0 Å². The van der Waals surface area contributed by atoms with Crippen molar-refractivity contribution < 1.29 is 115 Å². The van der Waals surface area contributed by atoms with E-state index in [9.17, 15) is 76.6 Å². The van der Waals surface area contributed by atoms with E-state index in [-0.39, 0.29) is 36.5 Å². The van der Waals surface area contributed by atoms with Crippen LogP contribution in [-0.2, 0) is 38.0 Å². The summed E-state index contributed by atoms with van der Waals surface area (Å²) in [7, 11) is 0. The Morgan fingerprint density at radius 3 is 1.90 bits per heavy atom. The van der Waals surface area contributed by atoms with Crippen molar-refractivity contribution >= 4 is 5.97 Å². The number of carbonyl (C=O) groups excluding carboxylic acids is 1. The van der Waals surface area contributed by atoms with Crippen LogP contribution in [0.4, 0.5) is 0 Å². The van der Waals surface area contributed by atoms with Gasteiger partial charge in [0.2, 0.25) is 6.29 Å². The number of aliphatic hydroxyl groups excluding tert-OH is 15. The van der Waals surface area contributed by atoms with Crippen molar-refractivity contribution in [3.05, 3.63) is 11.6 Å². The first-order valence-electron chi connectivity index (χ1n) is 28.2. The molecule has 0 aromatic carbocycles. The van der Waals surface area contributed by atoms with E-state index in [0.717, 1.165) is 5.57 Å². The van der Waals surface area contributed by atoms with Crippen LogP contribution in [0.3, 0.4) is 0 Å². The molecule has 3 saturated heterocycles. The zero-order chi connectivity index (χ0) is 57.3. The van der Waals surface area contributed by atoms with Crippen LogP contribution in [0, 0.1) is 56.2 Å². The van der Waals surface area contributed by atoms with Gasteiger partial charge in [-0.25, -0.2) is 0 Å². The Balaban J connectivity index is 1.01. The first-order chi connectivity index (χ1) is 36.3. The summed E-state index contributed by atoms with van der Waals surface area (Å²) in [5.41, 5.74) is -3.39. The molecule has 23 heteroatoms. The van der Waals surface area contributed by atoms with Crippen LogP contribution in [0.1, 0.15) is 113 Å². The van der Waals surface area contributed by atoms with Gasteiger partial charge in [0.1, 0.15) is 78.7 Å². The van der Waals surface area contributed by atoms with E-state index in [0.29, 0.717) is 38.5 Å². The fourth-order valence-corrected chi connectivity index (χ4v) is 17.1. The van der Waals surface area contributed by atoms with E-state index in [1.54, 1.807) is 0 Å². The molecule has 3 aliphatic heterocycles. The monoisotopic (exact) mass is 1120 g/mol. The maximum atomic E-state index is 15.6. The van der Waals surface area contributed by atoms with Crippen LogP contribution in [0.5, 0.6) is 0 Å². The van der Waals surface area contributed by atoms with Gasteiger partial charge in [-0.1, -0.05) is 60.1 Å². The molecule has 0 unspecified atom stereocenters. The lowest BCUT2D eigenvalue weighted by atomic mass is 9.33. The Bertz CT molecular complexity index is 2160. The molecule has 9 rings (SSSR count). The minimum Gasteiger partial charge on any atom is -0.432 e. The second-order valence-corrected chi connectivity index (χ2v) is 27.1. The Morgan fingerprint density at radius 2 is 1.24 bits per heavy atom. The lowest BCUT2D eigenvalue weighted by Crippen LogP contribution is -2.70. The Hall–Kier alpha value is -1.63. The summed E-state index contributed by atoms with van der Waals surface area (Å²) in [6.45, 7) is 14.5. The molecule has 5 saturated carbocycles. The van der Waals surface area contributed by atoms with Crippen molar-refractivity contribution in [2.45, 2.75) is 248 Å². The van der Waals surface area contributed by atoms with Crippen molar-refractivity contribution in [3.8, 4) is 0 Å². The highest BCUT2D eigenvalue weighted by Gasteiger charge is 2.73. The van der Waals surface area contributed by atoms with Gasteiger partial charge in [-0.15, -0.1) is 0 Å². The number of carbonyl (C=O) groups is 1. The molecule has 30 atom stereocenters. The minimum atomic E-state index is -1.97. The molecule has 448 valence electrons. The second-order valence-electron chi connectivity index (χ2n) is 27.1. The number of hydrogen-bond acceptors (Lipinski definition) is 23. The zero-order valence-electron chi connectivity index (χ0n) is 46.0. The van der Waals surface area contributed by atoms with Crippen molar-refractivity contribution in [2.75, 3.05) is 19.8 Å². The Labute approximate surface area is 455 Å². The van der Waals surface area contributed by atoms with Crippen LogP contribution in [0.2, 0.25) is 0 Å². The number of allylic oxidation sites excluding steroid dienone is 2. The smallest absolute Gasteiger partial charge is 0.317 e. The molecular formula is C55H90O23. The van der Waals surface area contributed by atoms with Gasteiger partial charge < -0.3 is 110 Å². The lowest BCUT2D eigenvalue weighted by Gasteiger charge is -2.72. The summed E-state index contributed by atoms with van der Waals surface area (Å²) in [4.78, 5) is 15.6. The molecule has 0 bridgehead atoms. The van der Waals surface area contributed by atoms with E-state index in [2.05, 4.69) is 40.7 Å². The summed E-state index contributed by atoms with van der Waals surface area (Å²) in [5.74, 6) is -2.46. The third-order valence-corrected chi connectivity index (χ3v) is 21.9. The maximum absolute atomic E-state index is 15.6. The fraction of sp³-hybridized carbons (Fsp3) is 0.945. The van der Waals surface area contributed by atoms with Gasteiger partial charge in [-0.2, -0.15) is 0 Å². The molecule has 78 heavy (non-hydrogen) atoms. The van der Waals surface area contributed by atoms with Crippen LogP contribution >= 0.6 is 0 Å². The molecule has 0 radical (unpaired) electrons. The molecule has 0 amide bonds. The third kappa shape index (κ3) is 9.68. The molecule has 0 spiro atoms. The number of fused-ring (bicyclic) bond motifs is 7. The fourth-order valence-electron chi connectivity index (χ4n) is 17.1. The molecule has 0 aromatic heterocycles. The van der Waals surface area contributed by atoms with E-state index in [1.165, 1.54) is 6.92 Å². The zero-order valence-corrected chi connectivity index (χ0v) is 46.0. The van der Waals surface area contributed by atoms with Gasteiger partial charge in [-0.3, -0.25) is 4.79 Å². The second kappa shape index (κ2) is 21.8.